The molecule has 0 spiro atoms. The van der Waals surface area contributed by atoms with Crippen molar-refractivity contribution in [1.29, 1.82) is 0 Å². The lowest BCUT2D eigenvalue weighted by atomic mass is 10.1. The van der Waals surface area contributed by atoms with Gasteiger partial charge in [-0.2, -0.15) is 0 Å². The van der Waals surface area contributed by atoms with Crippen LogP contribution in [0.4, 0.5) is 0 Å². The van der Waals surface area contributed by atoms with Gasteiger partial charge < -0.3 is 9.15 Å². The van der Waals surface area contributed by atoms with Crippen molar-refractivity contribution in [1.82, 2.24) is 15.2 Å². The zero-order valence-electron chi connectivity index (χ0n) is 11.1. The van der Waals surface area contributed by atoms with Gasteiger partial charge in [-0.3, -0.25) is 0 Å². The summed E-state index contributed by atoms with van der Waals surface area (Å²) in [6, 6.07) is 7.21. The third kappa shape index (κ3) is 2.10. The molecule has 0 aliphatic carbocycles. The number of aryl methyl sites for hydroxylation is 1. The van der Waals surface area contributed by atoms with Crippen LogP contribution in [-0.4, -0.2) is 22.3 Å². The summed E-state index contributed by atoms with van der Waals surface area (Å²) in [5, 5.41) is 8.28. The molecule has 20 heavy (non-hydrogen) atoms. The van der Waals surface area contributed by atoms with Crippen molar-refractivity contribution in [2.24, 2.45) is 0 Å². The van der Waals surface area contributed by atoms with Crippen LogP contribution in [0.25, 0.3) is 22.4 Å². The summed E-state index contributed by atoms with van der Waals surface area (Å²) in [4.78, 5) is 4.44. The Kier molecular flexibility index (Phi) is 3.28. The fraction of sp³-hybridized carbons (Fsp3) is 0.214. The molecule has 3 rings (SSSR count). The van der Waals surface area contributed by atoms with Crippen molar-refractivity contribution < 1.29 is 9.15 Å². The monoisotopic (exact) mass is 289 g/mol. The van der Waals surface area contributed by atoms with E-state index in [4.69, 9.17) is 20.8 Å². The number of fused-ring (bicyclic) bond motifs is 1. The first kappa shape index (κ1) is 12.9. The topological polar surface area (TPSA) is 61.0 Å². The first-order valence-corrected chi connectivity index (χ1v) is 6.56. The van der Waals surface area contributed by atoms with Crippen LogP contribution < -0.4 is 4.74 Å². The average Bonchev–Trinajstić information content (AvgIpc) is 2.91. The highest BCUT2D eigenvalue weighted by Gasteiger charge is 2.16. The van der Waals surface area contributed by atoms with E-state index in [9.17, 15) is 0 Å². The third-order valence-electron chi connectivity index (χ3n) is 2.98. The smallest absolute Gasteiger partial charge is 0.195 e. The summed E-state index contributed by atoms with van der Waals surface area (Å²) >= 11 is 5.76. The van der Waals surface area contributed by atoms with Crippen LogP contribution in [0.3, 0.4) is 0 Å². The van der Waals surface area contributed by atoms with Crippen LogP contribution in [0.2, 0.25) is 5.15 Å². The molecule has 0 aliphatic rings. The highest BCUT2D eigenvalue weighted by molar-refractivity contribution is 6.29. The van der Waals surface area contributed by atoms with Crippen molar-refractivity contribution in [2.45, 2.75) is 13.3 Å². The van der Waals surface area contributed by atoms with Gasteiger partial charge in [-0.1, -0.05) is 18.5 Å². The van der Waals surface area contributed by atoms with E-state index in [1.807, 2.05) is 19.1 Å². The van der Waals surface area contributed by atoms with Crippen LogP contribution in [0.15, 0.2) is 28.7 Å². The molecule has 0 unspecified atom stereocenters. The zero-order chi connectivity index (χ0) is 14.1. The van der Waals surface area contributed by atoms with Crippen molar-refractivity contribution in [2.75, 3.05) is 7.11 Å². The van der Waals surface area contributed by atoms with E-state index in [1.54, 1.807) is 19.2 Å². The maximum atomic E-state index is 5.78. The minimum absolute atomic E-state index is 0.352. The SMILES string of the molecule is CCc1nc2c(OC)ccc(-c3ccc(Cl)nn3)c2o1. The van der Waals surface area contributed by atoms with Gasteiger partial charge in [0.15, 0.2) is 22.1 Å². The molecule has 0 bridgehead atoms. The number of hydrogen-bond donors (Lipinski definition) is 0. The minimum Gasteiger partial charge on any atom is -0.494 e. The third-order valence-corrected chi connectivity index (χ3v) is 3.18. The maximum absolute atomic E-state index is 5.78. The molecule has 6 heteroatoms. The first-order valence-electron chi connectivity index (χ1n) is 6.19. The Balaban J connectivity index is 2.25. The lowest BCUT2D eigenvalue weighted by Gasteiger charge is -2.04. The van der Waals surface area contributed by atoms with E-state index in [0.717, 1.165) is 5.56 Å². The van der Waals surface area contributed by atoms with Crippen LogP contribution in [0.1, 0.15) is 12.8 Å². The van der Waals surface area contributed by atoms with E-state index in [1.165, 1.54) is 0 Å². The first-order chi connectivity index (χ1) is 9.72. The van der Waals surface area contributed by atoms with Crippen LogP contribution >= 0.6 is 11.6 Å². The largest absolute Gasteiger partial charge is 0.494 e. The van der Waals surface area contributed by atoms with Crippen molar-refractivity contribution in [3.8, 4) is 17.0 Å². The van der Waals surface area contributed by atoms with Crippen LogP contribution in [0, 0.1) is 0 Å². The number of oxazole rings is 1. The Morgan fingerprint density at radius 1 is 1.20 bits per heavy atom. The van der Waals surface area contributed by atoms with Gasteiger partial charge in [0.2, 0.25) is 0 Å². The van der Waals surface area contributed by atoms with Gasteiger partial charge in [-0.15, -0.1) is 10.2 Å². The summed E-state index contributed by atoms with van der Waals surface area (Å²) in [5.41, 5.74) is 2.84. The fourth-order valence-corrected chi connectivity index (χ4v) is 2.11. The quantitative estimate of drug-likeness (QED) is 0.738. The second-order valence-electron chi connectivity index (χ2n) is 4.20. The number of rotatable bonds is 3. The number of nitrogens with zero attached hydrogens (tertiary/aromatic N) is 3. The highest BCUT2D eigenvalue weighted by Crippen LogP contribution is 2.34. The molecular weight excluding hydrogens is 278 g/mol. The molecule has 0 radical (unpaired) electrons. The number of halogens is 1. The molecule has 0 saturated heterocycles. The summed E-state index contributed by atoms with van der Waals surface area (Å²) in [6.45, 7) is 1.99. The molecule has 2 heterocycles. The van der Waals surface area contributed by atoms with E-state index in [0.29, 0.717) is 40.0 Å². The number of methoxy groups -OCH3 is 1. The Bertz CT molecular complexity index is 753. The predicted octanol–water partition coefficient (Wildman–Crippen LogP) is 3.51. The second kappa shape index (κ2) is 5.09. The van der Waals surface area contributed by atoms with Gasteiger partial charge in [-0.05, 0) is 24.3 Å². The van der Waals surface area contributed by atoms with Gasteiger partial charge in [0.1, 0.15) is 5.75 Å². The number of benzene rings is 1. The molecule has 0 amide bonds. The Labute approximate surface area is 120 Å². The molecule has 5 nitrogen and oxygen atoms in total. The van der Waals surface area contributed by atoms with Crippen LogP contribution in [-0.2, 0) is 6.42 Å². The summed E-state index contributed by atoms with van der Waals surface area (Å²) < 4.78 is 11.1. The van der Waals surface area contributed by atoms with Gasteiger partial charge in [0.25, 0.3) is 0 Å². The molecule has 2 aromatic heterocycles. The molecule has 0 aliphatic heterocycles. The minimum atomic E-state index is 0.352. The number of ether oxygens (including phenoxy) is 1. The molecule has 0 fully saturated rings. The lowest BCUT2D eigenvalue weighted by Crippen LogP contribution is -1.90. The standard InChI is InChI=1S/C14H12ClN3O2/c1-3-12-16-13-10(19-2)6-4-8(14(13)20-12)9-5-7-11(15)18-17-9/h4-7H,3H2,1-2H3. The highest BCUT2D eigenvalue weighted by atomic mass is 35.5. The number of hydrogen-bond acceptors (Lipinski definition) is 5. The Morgan fingerprint density at radius 3 is 2.70 bits per heavy atom. The van der Waals surface area contributed by atoms with Gasteiger partial charge >= 0.3 is 0 Å². The number of aromatic nitrogens is 3. The predicted molar refractivity (Wildman–Crippen MR) is 76.0 cm³/mol. The molecule has 0 atom stereocenters. The molecule has 1 aromatic carbocycles. The molecule has 102 valence electrons. The second-order valence-corrected chi connectivity index (χ2v) is 4.58. The summed E-state index contributed by atoms with van der Waals surface area (Å²) in [6.07, 6.45) is 0.712. The van der Waals surface area contributed by atoms with Crippen LogP contribution in [0.5, 0.6) is 5.75 Å². The van der Waals surface area contributed by atoms with E-state index < -0.39 is 0 Å². The molecule has 3 aromatic rings. The average molecular weight is 290 g/mol. The van der Waals surface area contributed by atoms with Gasteiger partial charge in [-0.25, -0.2) is 4.98 Å². The van der Waals surface area contributed by atoms with Gasteiger partial charge in [0, 0.05) is 12.0 Å². The lowest BCUT2D eigenvalue weighted by molar-refractivity contribution is 0.419. The maximum Gasteiger partial charge on any atom is 0.195 e. The zero-order valence-corrected chi connectivity index (χ0v) is 11.8. The Morgan fingerprint density at radius 2 is 2.05 bits per heavy atom. The van der Waals surface area contributed by atoms with Crippen molar-refractivity contribution in [3.05, 3.63) is 35.3 Å². The fourth-order valence-electron chi connectivity index (χ4n) is 2.00. The summed E-state index contributed by atoms with van der Waals surface area (Å²) in [5.74, 6) is 1.33. The van der Waals surface area contributed by atoms with Gasteiger partial charge in [0.05, 0.1) is 12.8 Å². The van der Waals surface area contributed by atoms with Crippen molar-refractivity contribution >= 4 is 22.7 Å². The molecule has 0 saturated carbocycles. The van der Waals surface area contributed by atoms with E-state index >= 15 is 0 Å². The molecule has 0 N–H and O–H groups in total. The molecular formula is C14H12ClN3O2. The summed E-state index contributed by atoms with van der Waals surface area (Å²) in [7, 11) is 1.61. The van der Waals surface area contributed by atoms with Crippen molar-refractivity contribution in [3.63, 3.8) is 0 Å². The van der Waals surface area contributed by atoms with E-state index in [2.05, 4.69) is 15.2 Å². The van der Waals surface area contributed by atoms with E-state index in [-0.39, 0.29) is 0 Å². The normalized spacial score (nSPS) is 10.9. The Hall–Kier alpha value is -2.14.